The fraction of sp³-hybridized carbons (Fsp3) is 0.609. The van der Waals surface area contributed by atoms with Gasteiger partial charge in [-0.3, -0.25) is 14.5 Å². The lowest BCUT2D eigenvalue weighted by atomic mass is 9.68. The minimum absolute atomic E-state index is 0.0877. The van der Waals surface area contributed by atoms with Crippen LogP contribution >= 0.6 is 11.3 Å². The van der Waals surface area contributed by atoms with Crippen molar-refractivity contribution >= 4 is 27.5 Å². The van der Waals surface area contributed by atoms with Crippen LogP contribution in [0.2, 0.25) is 0 Å². The van der Waals surface area contributed by atoms with E-state index in [1.165, 1.54) is 55.5 Å². The fourth-order valence-corrected chi connectivity index (χ4v) is 7.72. The molecular formula is C23H28N4O2S. The van der Waals surface area contributed by atoms with Crippen LogP contribution in [0.5, 0.6) is 0 Å². The van der Waals surface area contributed by atoms with Gasteiger partial charge in [-0.1, -0.05) is 18.1 Å². The number of H-pyrrole nitrogens is 1. The van der Waals surface area contributed by atoms with Gasteiger partial charge < -0.3 is 9.88 Å². The van der Waals surface area contributed by atoms with Crippen molar-refractivity contribution in [3.05, 3.63) is 38.8 Å². The summed E-state index contributed by atoms with van der Waals surface area (Å²) in [4.78, 5) is 39.2. The number of carbonyl (C=O) groups excluding carboxylic acids is 1. The lowest BCUT2D eigenvalue weighted by Crippen LogP contribution is -2.60. The number of aryl methyl sites for hydroxylation is 1. The molecule has 6 nitrogen and oxygen atoms in total. The van der Waals surface area contributed by atoms with E-state index in [0.29, 0.717) is 26.9 Å². The molecule has 0 spiro atoms. The molecule has 6 rings (SSSR count). The van der Waals surface area contributed by atoms with E-state index in [0.717, 1.165) is 37.5 Å². The predicted molar refractivity (Wildman–Crippen MR) is 118 cm³/mol. The normalized spacial score (nSPS) is 31.2. The molecule has 4 atom stereocenters. The highest BCUT2D eigenvalue weighted by Gasteiger charge is 2.47. The zero-order chi connectivity index (χ0) is 20.4. The molecule has 0 saturated carbocycles. The highest BCUT2D eigenvalue weighted by molar-refractivity contribution is 7.20. The van der Waals surface area contributed by atoms with Gasteiger partial charge in [0.25, 0.3) is 11.5 Å². The van der Waals surface area contributed by atoms with Crippen molar-refractivity contribution < 1.29 is 4.79 Å². The summed E-state index contributed by atoms with van der Waals surface area (Å²) in [7, 11) is 0. The smallest absolute Gasteiger partial charge is 0.264 e. The monoisotopic (exact) mass is 424 g/mol. The number of amides is 1. The lowest BCUT2D eigenvalue weighted by Gasteiger charge is -2.54. The van der Waals surface area contributed by atoms with E-state index >= 15 is 0 Å². The Morgan fingerprint density at radius 3 is 3.03 bits per heavy atom. The summed E-state index contributed by atoms with van der Waals surface area (Å²) >= 11 is 1.37. The van der Waals surface area contributed by atoms with Gasteiger partial charge in [-0.2, -0.15) is 0 Å². The van der Waals surface area contributed by atoms with Crippen LogP contribution < -0.4 is 5.56 Å². The standard InChI is InChI=1S/C23H28N4O2S/c1-13-18-21(28)24-12-25-22(18)30-20(13)23(29)27-8-4-5-14-9-15-10-16(19(14)27)11-26-7-3-2-6-17(15)26/h9,12,15-17,19H,2-8,10-11H2,1H3,(H,24,25,28). The van der Waals surface area contributed by atoms with Crippen molar-refractivity contribution in [1.82, 2.24) is 19.8 Å². The Labute approximate surface area is 180 Å². The quantitative estimate of drug-likeness (QED) is 0.713. The molecular weight excluding hydrogens is 396 g/mol. The van der Waals surface area contributed by atoms with Crippen LogP contribution in [0.25, 0.3) is 10.2 Å². The average Bonchev–Trinajstić information content (AvgIpc) is 3.10. The summed E-state index contributed by atoms with van der Waals surface area (Å²) in [5, 5.41) is 0.566. The summed E-state index contributed by atoms with van der Waals surface area (Å²) in [5.74, 6) is 1.29. The number of aromatic amines is 1. The van der Waals surface area contributed by atoms with Gasteiger partial charge in [-0.25, -0.2) is 4.98 Å². The molecule has 0 radical (unpaired) electrons. The van der Waals surface area contributed by atoms with Crippen molar-refractivity contribution in [2.45, 2.75) is 57.5 Å². The Hall–Kier alpha value is -1.99. The molecule has 4 aliphatic rings. The largest absolute Gasteiger partial charge is 0.331 e. The van der Waals surface area contributed by atoms with Crippen LogP contribution in [0.4, 0.5) is 0 Å². The summed E-state index contributed by atoms with van der Waals surface area (Å²) in [6, 6.07) is 0.943. The second-order valence-corrected chi connectivity index (χ2v) is 10.5. The average molecular weight is 425 g/mol. The molecule has 5 heterocycles. The molecule has 2 bridgehead atoms. The molecule has 1 amide bonds. The van der Waals surface area contributed by atoms with Gasteiger partial charge in [0.2, 0.25) is 0 Å². The van der Waals surface area contributed by atoms with Crippen LogP contribution in [0.1, 0.15) is 53.8 Å². The third kappa shape index (κ3) is 2.74. The van der Waals surface area contributed by atoms with Crippen molar-refractivity contribution in [3.63, 3.8) is 0 Å². The number of nitrogens with zero attached hydrogens (tertiary/aromatic N) is 3. The van der Waals surface area contributed by atoms with Crippen LogP contribution in [0.15, 0.2) is 22.8 Å². The number of hydrogen-bond donors (Lipinski definition) is 1. The Bertz CT molecular complexity index is 1100. The molecule has 1 aliphatic carbocycles. The first kappa shape index (κ1) is 18.8. The Kier molecular flexibility index (Phi) is 4.39. The second kappa shape index (κ2) is 7.02. The molecule has 3 saturated heterocycles. The fourth-order valence-electron chi connectivity index (χ4n) is 6.61. The molecule has 30 heavy (non-hydrogen) atoms. The van der Waals surface area contributed by atoms with E-state index in [-0.39, 0.29) is 17.5 Å². The lowest BCUT2D eigenvalue weighted by molar-refractivity contribution is 0.00160. The molecule has 3 fully saturated rings. The molecule has 0 aromatic carbocycles. The van der Waals surface area contributed by atoms with Crippen molar-refractivity contribution in [3.8, 4) is 0 Å². The number of piperidine rings is 3. The van der Waals surface area contributed by atoms with Crippen LogP contribution in [0, 0.1) is 18.8 Å². The van der Waals surface area contributed by atoms with Gasteiger partial charge in [0.05, 0.1) is 22.6 Å². The number of rotatable bonds is 1. The summed E-state index contributed by atoms with van der Waals surface area (Å²) in [5.41, 5.74) is 2.12. The van der Waals surface area contributed by atoms with E-state index in [9.17, 15) is 9.59 Å². The summed E-state index contributed by atoms with van der Waals surface area (Å²) in [6.45, 7) is 5.04. The minimum atomic E-state index is -0.157. The number of hydrogen-bond acceptors (Lipinski definition) is 5. The van der Waals surface area contributed by atoms with Gasteiger partial charge >= 0.3 is 0 Å². The van der Waals surface area contributed by atoms with Gasteiger partial charge in [0, 0.05) is 19.1 Å². The molecule has 3 aliphatic heterocycles. The van der Waals surface area contributed by atoms with Crippen LogP contribution in [-0.2, 0) is 0 Å². The maximum Gasteiger partial charge on any atom is 0.264 e. The third-order valence-corrected chi connectivity index (χ3v) is 9.03. The maximum atomic E-state index is 13.8. The highest BCUT2D eigenvalue weighted by atomic mass is 32.1. The zero-order valence-electron chi connectivity index (χ0n) is 17.4. The third-order valence-electron chi connectivity index (χ3n) is 7.85. The van der Waals surface area contributed by atoms with Gasteiger partial charge in [0.15, 0.2) is 0 Å². The summed E-state index contributed by atoms with van der Waals surface area (Å²) in [6.07, 6.45) is 11.3. The van der Waals surface area contributed by atoms with Crippen molar-refractivity contribution in [2.75, 3.05) is 19.6 Å². The predicted octanol–water partition coefficient (Wildman–Crippen LogP) is 3.33. The first-order chi connectivity index (χ1) is 14.6. The number of likely N-dealkylation sites (tertiary alicyclic amines) is 1. The Balaban J connectivity index is 1.37. The van der Waals surface area contributed by atoms with E-state index < -0.39 is 0 Å². The zero-order valence-corrected chi connectivity index (χ0v) is 18.2. The molecule has 2 aromatic heterocycles. The van der Waals surface area contributed by atoms with Gasteiger partial charge in [0.1, 0.15) is 4.83 Å². The van der Waals surface area contributed by atoms with Crippen LogP contribution in [0.3, 0.4) is 0 Å². The SMILES string of the molecule is Cc1c(C(=O)N2CCCC3=CC4CC(CN5CCCCC45)C32)sc2nc[nH]c(=O)c12. The van der Waals surface area contributed by atoms with Gasteiger partial charge in [-0.15, -0.1) is 11.3 Å². The molecule has 158 valence electrons. The van der Waals surface area contributed by atoms with E-state index in [4.69, 9.17) is 0 Å². The number of thiophene rings is 1. The number of fused-ring (bicyclic) bond motifs is 7. The highest BCUT2D eigenvalue weighted by Crippen LogP contribution is 2.45. The van der Waals surface area contributed by atoms with Crippen molar-refractivity contribution in [1.29, 1.82) is 0 Å². The second-order valence-electron chi connectivity index (χ2n) is 9.47. The number of nitrogens with one attached hydrogen (secondary N) is 1. The Morgan fingerprint density at radius 1 is 1.27 bits per heavy atom. The van der Waals surface area contributed by atoms with E-state index in [2.05, 4.69) is 25.8 Å². The maximum absolute atomic E-state index is 13.8. The van der Waals surface area contributed by atoms with Crippen molar-refractivity contribution in [2.24, 2.45) is 11.8 Å². The molecule has 4 unspecified atom stereocenters. The first-order valence-corrected chi connectivity index (χ1v) is 12.2. The molecule has 1 N–H and O–H groups in total. The molecule has 2 aromatic rings. The summed E-state index contributed by atoms with van der Waals surface area (Å²) < 4.78 is 0. The first-order valence-electron chi connectivity index (χ1n) is 11.3. The molecule has 7 heteroatoms. The van der Waals surface area contributed by atoms with Crippen LogP contribution in [-0.4, -0.2) is 57.4 Å². The Morgan fingerprint density at radius 2 is 2.17 bits per heavy atom. The topological polar surface area (TPSA) is 69.3 Å². The van der Waals surface area contributed by atoms with E-state index in [1.54, 1.807) is 0 Å². The minimum Gasteiger partial charge on any atom is -0.331 e. The number of aromatic nitrogens is 2. The van der Waals surface area contributed by atoms with E-state index in [1.807, 2.05) is 6.92 Å². The van der Waals surface area contributed by atoms with Gasteiger partial charge in [-0.05, 0) is 63.0 Å². The number of carbonyl (C=O) groups is 1.